The molecular formula is C20H21F3N4O8S2. The standard InChI is InChI=1S/C18H20N4O6S2.C2HF3O2/c1-19-30(25,26)11-5-6-17(29(4,23)24)14(7-11)22-18-12-8-15(27-2)16(28-3)9-13(12)20-10-21-18;3-2(4,5)1(6)7/h5-10,19H,1-4H3,(H,20,21,22);(H,6,7). The summed E-state index contributed by atoms with van der Waals surface area (Å²) in [5.74, 6) is -1.59. The van der Waals surface area contributed by atoms with Gasteiger partial charge in [0.05, 0.1) is 35.2 Å². The summed E-state index contributed by atoms with van der Waals surface area (Å²) in [5, 5.41) is 10.6. The lowest BCUT2D eigenvalue weighted by atomic mass is 10.2. The highest BCUT2D eigenvalue weighted by Crippen LogP contribution is 2.35. The average molecular weight is 567 g/mol. The minimum absolute atomic E-state index is 0.0589. The topological polar surface area (TPSA) is 174 Å². The Morgan fingerprint density at radius 1 is 1.00 bits per heavy atom. The van der Waals surface area contributed by atoms with E-state index in [2.05, 4.69) is 20.0 Å². The molecule has 3 aromatic rings. The number of carbonyl (C=O) groups is 1. The molecule has 0 aliphatic rings. The van der Waals surface area contributed by atoms with E-state index >= 15 is 0 Å². The quantitative estimate of drug-likeness (QED) is 0.383. The molecule has 3 N–H and O–H groups in total. The van der Waals surface area contributed by atoms with E-state index in [1.54, 1.807) is 12.1 Å². The number of rotatable bonds is 7. The van der Waals surface area contributed by atoms with Crippen molar-refractivity contribution in [2.75, 3.05) is 32.8 Å². The van der Waals surface area contributed by atoms with E-state index in [-0.39, 0.29) is 21.3 Å². The number of hydrogen-bond acceptors (Lipinski definition) is 10. The zero-order valence-electron chi connectivity index (χ0n) is 19.6. The molecule has 37 heavy (non-hydrogen) atoms. The Morgan fingerprint density at radius 2 is 1.57 bits per heavy atom. The van der Waals surface area contributed by atoms with Crippen LogP contribution >= 0.6 is 0 Å². The van der Waals surface area contributed by atoms with Crippen LogP contribution in [0.3, 0.4) is 0 Å². The third kappa shape index (κ3) is 7.17. The number of nitrogens with zero attached hydrogens (tertiary/aromatic N) is 2. The fraction of sp³-hybridized carbons (Fsp3) is 0.250. The van der Waals surface area contributed by atoms with E-state index in [4.69, 9.17) is 19.4 Å². The van der Waals surface area contributed by atoms with Crippen molar-refractivity contribution < 1.29 is 49.4 Å². The number of fused-ring (bicyclic) bond motifs is 1. The van der Waals surface area contributed by atoms with Crippen LogP contribution in [0.5, 0.6) is 11.5 Å². The van der Waals surface area contributed by atoms with Crippen molar-refractivity contribution in [1.29, 1.82) is 0 Å². The third-order valence-electron chi connectivity index (χ3n) is 4.57. The van der Waals surface area contributed by atoms with E-state index in [1.807, 2.05) is 0 Å². The van der Waals surface area contributed by atoms with Crippen molar-refractivity contribution in [1.82, 2.24) is 14.7 Å². The van der Waals surface area contributed by atoms with Crippen molar-refractivity contribution in [3.8, 4) is 11.5 Å². The second kappa shape index (κ2) is 11.1. The normalized spacial score (nSPS) is 11.9. The number of sulfone groups is 1. The van der Waals surface area contributed by atoms with Crippen LogP contribution < -0.4 is 19.5 Å². The molecule has 0 radical (unpaired) electrons. The Hall–Kier alpha value is -3.70. The second-order valence-corrected chi connectivity index (χ2v) is 10.9. The highest BCUT2D eigenvalue weighted by Gasteiger charge is 2.38. The van der Waals surface area contributed by atoms with Gasteiger partial charge in [-0.3, -0.25) is 0 Å². The molecule has 0 aliphatic heterocycles. The van der Waals surface area contributed by atoms with Gasteiger partial charge in [0, 0.05) is 17.7 Å². The van der Waals surface area contributed by atoms with Crippen LogP contribution in [-0.4, -0.2) is 71.6 Å². The fourth-order valence-electron chi connectivity index (χ4n) is 2.83. The van der Waals surface area contributed by atoms with Gasteiger partial charge in [-0.25, -0.2) is 36.3 Å². The van der Waals surface area contributed by atoms with E-state index in [9.17, 15) is 30.0 Å². The van der Waals surface area contributed by atoms with Crippen LogP contribution in [0.4, 0.5) is 24.7 Å². The third-order valence-corrected chi connectivity index (χ3v) is 7.13. The van der Waals surface area contributed by atoms with Gasteiger partial charge in [-0.05, 0) is 31.3 Å². The molecule has 0 unspecified atom stereocenters. The molecule has 3 rings (SSSR count). The van der Waals surface area contributed by atoms with Crippen LogP contribution in [0.2, 0.25) is 0 Å². The minimum atomic E-state index is -5.08. The van der Waals surface area contributed by atoms with Gasteiger partial charge in [-0.15, -0.1) is 0 Å². The summed E-state index contributed by atoms with van der Waals surface area (Å²) in [6.45, 7) is 0. The number of benzene rings is 2. The largest absolute Gasteiger partial charge is 0.493 e. The molecule has 1 heterocycles. The van der Waals surface area contributed by atoms with Crippen LogP contribution in [0.1, 0.15) is 0 Å². The summed E-state index contributed by atoms with van der Waals surface area (Å²) >= 11 is 0. The zero-order valence-corrected chi connectivity index (χ0v) is 21.2. The van der Waals surface area contributed by atoms with Gasteiger partial charge in [0.15, 0.2) is 21.3 Å². The smallest absolute Gasteiger partial charge is 0.490 e. The molecule has 0 fully saturated rings. The number of aliphatic carboxylic acids is 1. The Kier molecular flexibility index (Phi) is 8.89. The molecule has 17 heteroatoms. The molecule has 202 valence electrons. The van der Waals surface area contributed by atoms with E-state index in [0.29, 0.717) is 22.4 Å². The molecule has 0 bridgehead atoms. The van der Waals surface area contributed by atoms with Crippen LogP contribution in [-0.2, 0) is 24.7 Å². The summed E-state index contributed by atoms with van der Waals surface area (Å²) < 4.78 is 93.4. The molecule has 0 atom stereocenters. The lowest BCUT2D eigenvalue weighted by Crippen LogP contribution is -2.21. The van der Waals surface area contributed by atoms with Crippen LogP contribution in [0.15, 0.2) is 46.5 Å². The first-order valence-corrected chi connectivity index (χ1v) is 13.1. The molecule has 0 saturated heterocycles. The van der Waals surface area contributed by atoms with Crippen molar-refractivity contribution >= 4 is 48.2 Å². The van der Waals surface area contributed by atoms with Crippen molar-refractivity contribution in [2.45, 2.75) is 16.0 Å². The average Bonchev–Trinajstić information content (AvgIpc) is 2.82. The van der Waals surface area contributed by atoms with E-state index < -0.39 is 32.0 Å². The predicted octanol–water partition coefficient (Wildman–Crippen LogP) is 2.34. The van der Waals surface area contributed by atoms with Crippen molar-refractivity contribution in [3.05, 3.63) is 36.7 Å². The Labute approximate surface area is 209 Å². The van der Waals surface area contributed by atoms with E-state index in [1.165, 1.54) is 45.8 Å². The maximum absolute atomic E-state index is 12.2. The van der Waals surface area contributed by atoms with Gasteiger partial charge < -0.3 is 19.9 Å². The number of carboxylic acid groups (broad SMARTS) is 1. The number of aromatic nitrogens is 2. The molecule has 0 saturated carbocycles. The van der Waals surface area contributed by atoms with Gasteiger partial charge in [0.1, 0.15) is 12.1 Å². The van der Waals surface area contributed by atoms with Gasteiger partial charge >= 0.3 is 12.1 Å². The van der Waals surface area contributed by atoms with Crippen LogP contribution in [0, 0.1) is 0 Å². The molecule has 2 aromatic carbocycles. The monoisotopic (exact) mass is 566 g/mol. The van der Waals surface area contributed by atoms with Crippen LogP contribution in [0.25, 0.3) is 10.9 Å². The number of carboxylic acids is 1. The number of alkyl halides is 3. The number of halogens is 3. The molecule has 12 nitrogen and oxygen atoms in total. The molecule has 0 amide bonds. The number of hydrogen-bond donors (Lipinski definition) is 3. The number of anilines is 2. The highest BCUT2D eigenvalue weighted by atomic mass is 32.2. The molecule has 0 spiro atoms. The Bertz CT molecular complexity index is 1530. The number of ether oxygens (including phenoxy) is 2. The van der Waals surface area contributed by atoms with Gasteiger partial charge in [-0.2, -0.15) is 13.2 Å². The Morgan fingerprint density at radius 3 is 2.05 bits per heavy atom. The summed E-state index contributed by atoms with van der Waals surface area (Å²) in [7, 11) is -3.21. The molecule has 1 aromatic heterocycles. The summed E-state index contributed by atoms with van der Waals surface area (Å²) in [6.07, 6.45) is -2.75. The minimum Gasteiger partial charge on any atom is -0.493 e. The van der Waals surface area contributed by atoms with Gasteiger partial charge in [0.25, 0.3) is 0 Å². The van der Waals surface area contributed by atoms with Crippen molar-refractivity contribution in [3.63, 3.8) is 0 Å². The number of methoxy groups -OCH3 is 2. The predicted molar refractivity (Wildman–Crippen MR) is 125 cm³/mol. The van der Waals surface area contributed by atoms with Gasteiger partial charge in [0.2, 0.25) is 10.0 Å². The summed E-state index contributed by atoms with van der Waals surface area (Å²) in [6, 6.07) is 6.98. The number of sulfonamides is 1. The van der Waals surface area contributed by atoms with Crippen molar-refractivity contribution in [2.24, 2.45) is 0 Å². The van der Waals surface area contributed by atoms with E-state index in [0.717, 1.165) is 6.26 Å². The first kappa shape index (κ1) is 29.5. The Balaban J connectivity index is 0.000000604. The number of nitrogens with one attached hydrogen (secondary N) is 2. The summed E-state index contributed by atoms with van der Waals surface area (Å²) in [5.41, 5.74) is 0.577. The van der Waals surface area contributed by atoms with Gasteiger partial charge in [-0.1, -0.05) is 0 Å². The maximum Gasteiger partial charge on any atom is 0.490 e. The first-order chi connectivity index (χ1) is 17.0. The summed E-state index contributed by atoms with van der Waals surface area (Å²) in [4.78, 5) is 17.1. The molecular weight excluding hydrogens is 545 g/mol. The fourth-order valence-corrected chi connectivity index (χ4v) is 4.41. The first-order valence-electron chi connectivity index (χ1n) is 9.76. The lowest BCUT2D eigenvalue weighted by Gasteiger charge is -2.15. The molecule has 0 aliphatic carbocycles. The highest BCUT2D eigenvalue weighted by molar-refractivity contribution is 7.91. The lowest BCUT2D eigenvalue weighted by molar-refractivity contribution is -0.192. The SMILES string of the molecule is CNS(=O)(=O)c1ccc(S(C)(=O)=O)c(Nc2ncnc3cc(OC)c(OC)cc23)c1.O=C(O)C(F)(F)F. The second-order valence-electron chi connectivity index (χ2n) is 7.01. The zero-order chi connectivity index (χ0) is 28.2. The maximum atomic E-state index is 12.2.